The highest BCUT2D eigenvalue weighted by atomic mass is 79.9. The lowest BCUT2D eigenvalue weighted by Crippen LogP contribution is -2.12. The summed E-state index contributed by atoms with van der Waals surface area (Å²) in [5.74, 6) is -0.974. The van der Waals surface area contributed by atoms with E-state index in [0.29, 0.717) is 11.8 Å². The number of carbonyl (C=O) groups is 2. The summed E-state index contributed by atoms with van der Waals surface area (Å²) >= 11 is 3.05. The lowest BCUT2D eigenvalue weighted by molar-refractivity contribution is 0.0992. The van der Waals surface area contributed by atoms with Crippen molar-refractivity contribution in [3.8, 4) is 0 Å². The van der Waals surface area contributed by atoms with Crippen LogP contribution >= 0.6 is 15.9 Å². The van der Waals surface area contributed by atoms with E-state index in [9.17, 15) is 14.0 Å². The third-order valence-electron chi connectivity index (χ3n) is 1.75. The molecule has 0 saturated heterocycles. The Labute approximate surface area is 89.2 Å². The van der Waals surface area contributed by atoms with Gasteiger partial charge in [-0.2, -0.15) is 0 Å². The normalized spacial score (nSPS) is 12.2. The summed E-state index contributed by atoms with van der Waals surface area (Å²) in [7, 11) is 0. The highest BCUT2D eigenvalue weighted by Gasteiger charge is 2.16. The molecule has 2 nitrogen and oxygen atoms in total. The minimum Gasteiger partial charge on any atom is -0.298 e. The molecule has 1 atom stereocenters. The van der Waals surface area contributed by atoms with Gasteiger partial charge >= 0.3 is 0 Å². The summed E-state index contributed by atoms with van der Waals surface area (Å²) in [6.07, 6.45) is 0.578. The summed E-state index contributed by atoms with van der Waals surface area (Å²) in [5.41, 5.74) is 0.238. The molecule has 0 heterocycles. The number of rotatable bonds is 3. The number of hydrogen-bond acceptors (Lipinski definition) is 2. The number of alkyl halides is 1. The molecular weight excluding hydrogens is 251 g/mol. The minimum absolute atomic E-state index is 0.0565. The van der Waals surface area contributed by atoms with Gasteiger partial charge in [0.2, 0.25) is 0 Å². The SMILES string of the molecule is CC(Br)C(=O)c1cc(C=O)ccc1F. The van der Waals surface area contributed by atoms with Gasteiger partial charge in [-0.3, -0.25) is 9.59 Å². The largest absolute Gasteiger partial charge is 0.298 e. The van der Waals surface area contributed by atoms with Crippen LogP contribution in [0.25, 0.3) is 0 Å². The van der Waals surface area contributed by atoms with Crippen molar-refractivity contribution in [2.45, 2.75) is 11.8 Å². The molecule has 1 aromatic rings. The van der Waals surface area contributed by atoms with Crippen LogP contribution in [0, 0.1) is 5.82 Å². The average Bonchev–Trinajstić information content (AvgIpc) is 2.17. The molecule has 0 saturated carbocycles. The lowest BCUT2D eigenvalue weighted by Gasteiger charge is -2.04. The average molecular weight is 259 g/mol. The van der Waals surface area contributed by atoms with Crippen molar-refractivity contribution in [2.24, 2.45) is 0 Å². The lowest BCUT2D eigenvalue weighted by atomic mass is 10.1. The minimum atomic E-state index is -0.605. The maximum absolute atomic E-state index is 13.2. The highest BCUT2D eigenvalue weighted by molar-refractivity contribution is 9.10. The van der Waals surface area contributed by atoms with Crippen LogP contribution in [-0.2, 0) is 0 Å². The Bertz CT molecular complexity index is 374. The molecule has 74 valence electrons. The number of hydrogen-bond donors (Lipinski definition) is 0. The molecule has 0 spiro atoms. The molecule has 1 unspecified atom stereocenters. The maximum atomic E-state index is 13.2. The molecule has 0 aromatic heterocycles. The van der Waals surface area contributed by atoms with E-state index in [2.05, 4.69) is 15.9 Å². The second-order valence-electron chi connectivity index (χ2n) is 2.84. The number of halogens is 2. The third kappa shape index (κ3) is 2.26. The van der Waals surface area contributed by atoms with E-state index in [-0.39, 0.29) is 11.3 Å². The second-order valence-corrected chi connectivity index (χ2v) is 4.21. The van der Waals surface area contributed by atoms with E-state index in [1.807, 2.05) is 0 Å². The van der Waals surface area contributed by atoms with Crippen molar-refractivity contribution >= 4 is 28.0 Å². The summed E-state index contributed by atoms with van der Waals surface area (Å²) in [6.45, 7) is 1.61. The standard InChI is InChI=1S/C10H8BrFO2/c1-6(11)10(14)8-4-7(5-13)2-3-9(8)12/h2-6H,1H3. The van der Waals surface area contributed by atoms with Crippen LogP contribution in [0.3, 0.4) is 0 Å². The first-order chi connectivity index (χ1) is 6.56. The Morgan fingerprint density at radius 1 is 1.57 bits per heavy atom. The zero-order chi connectivity index (χ0) is 10.7. The molecule has 0 N–H and O–H groups in total. The van der Waals surface area contributed by atoms with Gasteiger partial charge in [0, 0.05) is 5.56 Å². The summed E-state index contributed by atoms with van der Waals surface area (Å²) < 4.78 is 13.2. The van der Waals surface area contributed by atoms with E-state index in [1.54, 1.807) is 6.92 Å². The fraction of sp³-hybridized carbons (Fsp3) is 0.200. The van der Waals surface area contributed by atoms with Crippen molar-refractivity contribution in [3.63, 3.8) is 0 Å². The molecule has 0 bridgehead atoms. The molecule has 0 aliphatic heterocycles. The molecule has 0 aliphatic carbocycles. The van der Waals surface area contributed by atoms with Crippen LogP contribution in [0.1, 0.15) is 27.6 Å². The van der Waals surface area contributed by atoms with Gasteiger partial charge in [-0.15, -0.1) is 0 Å². The fourth-order valence-electron chi connectivity index (χ4n) is 1.02. The summed E-state index contributed by atoms with van der Waals surface area (Å²) in [5, 5.41) is 0. The van der Waals surface area contributed by atoms with Crippen LogP contribution in [-0.4, -0.2) is 16.9 Å². The summed E-state index contributed by atoms with van der Waals surface area (Å²) in [6, 6.07) is 3.70. The van der Waals surface area contributed by atoms with Crippen LogP contribution in [0.15, 0.2) is 18.2 Å². The van der Waals surface area contributed by atoms with Gasteiger partial charge in [-0.05, 0) is 25.1 Å². The smallest absolute Gasteiger partial charge is 0.179 e. The zero-order valence-corrected chi connectivity index (χ0v) is 9.05. The van der Waals surface area contributed by atoms with E-state index < -0.39 is 10.6 Å². The molecule has 1 aromatic carbocycles. The predicted octanol–water partition coefficient (Wildman–Crippen LogP) is 2.60. The zero-order valence-electron chi connectivity index (χ0n) is 7.46. The molecule has 4 heteroatoms. The van der Waals surface area contributed by atoms with Gasteiger partial charge in [0.1, 0.15) is 12.1 Å². The highest BCUT2D eigenvalue weighted by Crippen LogP contribution is 2.15. The van der Waals surface area contributed by atoms with E-state index in [1.165, 1.54) is 12.1 Å². The quantitative estimate of drug-likeness (QED) is 0.475. The van der Waals surface area contributed by atoms with Gasteiger partial charge in [0.05, 0.1) is 10.4 Å². The Kier molecular flexibility index (Phi) is 3.52. The molecule has 0 radical (unpaired) electrons. The van der Waals surface area contributed by atoms with Gasteiger partial charge in [0.25, 0.3) is 0 Å². The number of aldehydes is 1. The Morgan fingerprint density at radius 2 is 2.21 bits per heavy atom. The molecule has 0 aliphatic rings. The monoisotopic (exact) mass is 258 g/mol. The van der Waals surface area contributed by atoms with Gasteiger partial charge in [0.15, 0.2) is 5.78 Å². The second kappa shape index (κ2) is 4.46. The van der Waals surface area contributed by atoms with Crippen molar-refractivity contribution < 1.29 is 14.0 Å². The first kappa shape index (κ1) is 11.0. The van der Waals surface area contributed by atoms with Crippen molar-refractivity contribution in [3.05, 3.63) is 35.1 Å². The van der Waals surface area contributed by atoms with Gasteiger partial charge in [-0.25, -0.2) is 4.39 Å². The van der Waals surface area contributed by atoms with Crippen LogP contribution in [0.4, 0.5) is 4.39 Å². The van der Waals surface area contributed by atoms with Crippen LogP contribution in [0.5, 0.6) is 0 Å². The topological polar surface area (TPSA) is 34.1 Å². The maximum Gasteiger partial charge on any atom is 0.179 e. The Balaban J connectivity index is 3.18. The molecule has 0 fully saturated rings. The number of carbonyl (C=O) groups excluding carboxylic acids is 2. The Hall–Kier alpha value is -1.03. The molecule has 0 amide bonds. The van der Waals surface area contributed by atoms with Crippen LogP contribution in [0.2, 0.25) is 0 Å². The first-order valence-electron chi connectivity index (χ1n) is 3.99. The number of Topliss-reactive ketones (excluding diaryl/α,β-unsaturated/α-hetero) is 1. The van der Waals surface area contributed by atoms with Crippen LogP contribution < -0.4 is 0 Å². The Morgan fingerprint density at radius 3 is 2.71 bits per heavy atom. The fourth-order valence-corrected chi connectivity index (χ4v) is 1.27. The van der Waals surface area contributed by atoms with E-state index in [4.69, 9.17) is 0 Å². The summed E-state index contributed by atoms with van der Waals surface area (Å²) in [4.78, 5) is 21.4. The predicted molar refractivity (Wildman–Crippen MR) is 54.5 cm³/mol. The molecular formula is C10H8BrFO2. The van der Waals surface area contributed by atoms with Crippen molar-refractivity contribution in [2.75, 3.05) is 0 Å². The van der Waals surface area contributed by atoms with Gasteiger partial charge in [-0.1, -0.05) is 15.9 Å². The van der Waals surface area contributed by atoms with E-state index in [0.717, 1.165) is 6.07 Å². The van der Waals surface area contributed by atoms with Gasteiger partial charge < -0.3 is 0 Å². The third-order valence-corrected chi connectivity index (χ3v) is 2.17. The molecule has 14 heavy (non-hydrogen) atoms. The number of benzene rings is 1. The van der Waals surface area contributed by atoms with Crippen molar-refractivity contribution in [1.82, 2.24) is 0 Å². The van der Waals surface area contributed by atoms with E-state index >= 15 is 0 Å². The van der Waals surface area contributed by atoms with Crippen molar-refractivity contribution in [1.29, 1.82) is 0 Å². The first-order valence-corrected chi connectivity index (χ1v) is 4.91. The number of ketones is 1. The molecule has 1 rings (SSSR count).